The van der Waals surface area contributed by atoms with Gasteiger partial charge in [-0.1, -0.05) is 38.8 Å². The second kappa shape index (κ2) is 6.32. The average molecular weight is 211 g/mol. The molecule has 2 rings (SSSR count). The molecule has 1 aliphatic carbocycles. The molecule has 1 aliphatic heterocycles. The minimum absolute atomic E-state index is 0.624. The van der Waals surface area contributed by atoms with Crippen molar-refractivity contribution in [1.82, 2.24) is 4.90 Å². The predicted molar refractivity (Wildman–Crippen MR) is 70.2 cm³/mol. The Morgan fingerprint density at radius 2 is 1.47 bits per heavy atom. The summed E-state index contributed by atoms with van der Waals surface area (Å²) in [4.78, 5) is 2.42. The van der Waals surface area contributed by atoms with Crippen LogP contribution in [0.25, 0.3) is 0 Å². The summed E-state index contributed by atoms with van der Waals surface area (Å²) in [6.07, 6.45) is 2.76. The molecule has 2 aliphatic rings. The van der Waals surface area contributed by atoms with Crippen molar-refractivity contribution < 1.29 is 0 Å². The molecule has 0 saturated carbocycles. The fourth-order valence-corrected chi connectivity index (χ4v) is 2.64. The standard InChI is InChI=1S/C10H17N.2C2H6/c1-8-4-5-10(9(8)2)6-11(3)7-10;2*1-2/h4-7H2,1-3H3;2*1-2H3. The molecule has 0 radical (unpaired) electrons. The molecule has 1 spiro atoms. The zero-order chi connectivity index (χ0) is 12.1. The second-order valence-electron chi connectivity index (χ2n) is 4.36. The first-order valence-corrected chi connectivity index (χ1v) is 6.49. The van der Waals surface area contributed by atoms with Crippen molar-refractivity contribution in [2.75, 3.05) is 20.1 Å². The Hall–Kier alpha value is -0.300. The quantitative estimate of drug-likeness (QED) is 0.545. The number of hydrogen-bond acceptors (Lipinski definition) is 1. The van der Waals surface area contributed by atoms with E-state index >= 15 is 0 Å². The van der Waals surface area contributed by atoms with Crippen LogP contribution < -0.4 is 0 Å². The Bertz CT molecular complexity index is 209. The predicted octanol–water partition coefficient (Wildman–Crippen LogP) is 4.10. The lowest BCUT2D eigenvalue weighted by Gasteiger charge is -2.47. The van der Waals surface area contributed by atoms with Gasteiger partial charge < -0.3 is 4.90 Å². The monoisotopic (exact) mass is 211 g/mol. The van der Waals surface area contributed by atoms with Crippen LogP contribution >= 0.6 is 0 Å². The molecule has 1 saturated heterocycles. The maximum Gasteiger partial charge on any atom is 0.0169 e. The first-order valence-electron chi connectivity index (χ1n) is 6.49. The van der Waals surface area contributed by atoms with E-state index < -0.39 is 0 Å². The van der Waals surface area contributed by atoms with Crippen LogP contribution in [0.1, 0.15) is 54.4 Å². The van der Waals surface area contributed by atoms with Crippen molar-refractivity contribution in [3.63, 3.8) is 0 Å². The van der Waals surface area contributed by atoms with Gasteiger partial charge in [0.25, 0.3) is 0 Å². The first kappa shape index (κ1) is 14.7. The Morgan fingerprint density at radius 1 is 1.00 bits per heavy atom. The molecule has 0 N–H and O–H groups in total. The van der Waals surface area contributed by atoms with E-state index in [-0.39, 0.29) is 0 Å². The molecule has 90 valence electrons. The van der Waals surface area contributed by atoms with E-state index in [0.717, 1.165) is 0 Å². The molecule has 1 heterocycles. The number of likely N-dealkylation sites (tertiary alicyclic amines) is 1. The van der Waals surface area contributed by atoms with Crippen LogP contribution in [0.5, 0.6) is 0 Å². The van der Waals surface area contributed by atoms with Gasteiger partial charge in [-0.2, -0.15) is 0 Å². The molecule has 0 unspecified atom stereocenters. The minimum Gasteiger partial charge on any atom is -0.305 e. The highest BCUT2D eigenvalue weighted by Crippen LogP contribution is 2.48. The molecule has 0 atom stereocenters. The topological polar surface area (TPSA) is 3.24 Å². The maximum absolute atomic E-state index is 2.42. The van der Waals surface area contributed by atoms with Crippen LogP contribution in [0, 0.1) is 5.41 Å². The molecule has 1 nitrogen and oxygen atoms in total. The minimum atomic E-state index is 0.624. The lowest BCUT2D eigenvalue weighted by Crippen LogP contribution is -2.53. The van der Waals surface area contributed by atoms with E-state index in [1.54, 1.807) is 11.1 Å². The van der Waals surface area contributed by atoms with Crippen molar-refractivity contribution in [3.05, 3.63) is 11.1 Å². The highest BCUT2D eigenvalue weighted by molar-refractivity contribution is 5.29. The van der Waals surface area contributed by atoms with Crippen LogP contribution in [-0.4, -0.2) is 25.0 Å². The smallest absolute Gasteiger partial charge is 0.0169 e. The van der Waals surface area contributed by atoms with Crippen LogP contribution in [0.3, 0.4) is 0 Å². The normalized spacial score (nSPS) is 22.6. The van der Waals surface area contributed by atoms with E-state index in [9.17, 15) is 0 Å². The molecule has 0 aromatic heterocycles. The summed E-state index contributed by atoms with van der Waals surface area (Å²) in [6.45, 7) is 15.2. The van der Waals surface area contributed by atoms with Crippen molar-refractivity contribution in [2.45, 2.75) is 54.4 Å². The van der Waals surface area contributed by atoms with E-state index in [1.807, 2.05) is 27.7 Å². The lowest BCUT2D eigenvalue weighted by molar-refractivity contribution is 0.0565. The SMILES string of the molecule is CC.CC.CC1=C(C)C2(CC1)CN(C)C2. The highest BCUT2D eigenvalue weighted by Gasteiger charge is 2.45. The fourth-order valence-electron chi connectivity index (χ4n) is 2.64. The first-order chi connectivity index (χ1) is 7.14. The third kappa shape index (κ3) is 2.84. The lowest BCUT2D eigenvalue weighted by atomic mass is 9.75. The Kier molecular flexibility index (Phi) is 6.19. The van der Waals surface area contributed by atoms with Crippen molar-refractivity contribution in [3.8, 4) is 0 Å². The summed E-state index contributed by atoms with van der Waals surface area (Å²) >= 11 is 0. The van der Waals surface area contributed by atoms with Gasteiger partial charge in [-0.25, -0.2) is 0 Å². The third-order valence-electron chi connectivity index (χ3n) is 3.56. The highest BCUT2D eigenvalue weighted by atomic mass is 15.2. The van der Waals surface area contributed by atoms with Gasteiger partial charge >= 0.3 is 0 Å². The average Bonchev–Trinajstić information content (AvgIpc) is 2.53. The summed E-state index contributed by atoms with van der Waals surface area (Å²) in [5.41, 5.74) is 3.97. The molecule has 15 heavy (non-hydrogen) atoms. The van der Waals surface area contributed by atoms with Gasteiger partial charge in [0, 0.05) is 18.5 Å². The van der Waals surface area contributed by atoms with Crippen molar-refractivity contribution >= 4 is 0 Å². The summed E-state index contributed by atoms with van der Waals surface area (Å²) in [7, 11) is 2.21. The van der Waals surface area contributed by atoms with Crippen LogP contribution in [0.15, 0.2) is 11.1 Å². The fraction of sp³-hybridized carbons (Fsp3) is 0.857. The molecule has 0 aromatic carbocycles. The Labute approximate surface area is 96.6 Å². The molecule has 1 fully saturated rings. The summed E-state index contributed by atoms with van der Waals surface area (Å²) in [5.74, 6) is 0. The summed E-state index contributed by atoms with van der Waals surface area (Å²) < 4.78 is 0. The second-order valence-corrected chi connectivity index (χ2v) is 4.36. The van der Waals surface area contributed by atoms with Gasteiger partial charge in [-0.05, 0) is 33.7 Å². The van der Waals surface area contributed by atoms with E-state index in [2.05, 4.69) is 25.8 Å². The molecule has 0 bridgehead atoms. The zero-order valence-electron chi connectivity index (χ0n) is 11.8. The molecule has 0 aromatic rings. The number of nitrogens with zero attached hydrogens (tertiary/aromatic N) is 1. The molecular weight excluding hydrogens is 182 g/mol. The Morgan fingerprint density at radius 3 is 1.73 bits per heavy atom. The van der Waals surface area contributed by atoms with E-state index in [4.69, 9.17) is 0 Å². The number of rotatable bonds is 0. The molecule has 1 heteroatoms. The maximum atomic E-state index is 2.42. The van der Waals surface area contributed by atoms with Gasteiger partial charge in [0.05, 0.1) is 0 Å². The number of allylic oxidation sites excluding steroid dienone is 1. The van der Waals surface area contributed by atoms with Gasteiger partial charge in [-0.3, -0.25) is 0 Å². The van der Waals surface area contributed by atoms with Crippen molar-refractivity contribution in [2.24, 2.45) is 5.41 Å². The Balaban J connectivity index is 0.000000442. The van der Waals surface area contributed by atoms with E-state index in [0.29, 0.717) is 5.41 Å². The summed E-state index contributed by atoms with van der Waals surface area (Å²) in [5, 5.41) is 0. The number of hydrogen-bond donors (Lipinski definition) is 0. The van der Waals surface area contributed by atoms with Gasteiger partial charge in [0.1, 0.15) is 0 Å². The van der Waals surface area contributed by atoms with Crippen molar-refractivity contribution in [1.29, 1.82) is 0 Å². The zero-order valence-corrected chi connectivity index (χ0v) is 11.8. The van der Waals surface area contributed by atoms with Crippen LogP contribution in [0.4, 0.5) is 0 Å². The van der Waals surface area contributed by atoms with E-state index in [1.165, 1.54) is 25.9 Å². The van der Waals surface area contributed by atoms with Gasteiger partial charge in [0.15, 0.2) is 0 Å². The molecule has 0 amide bonds. The largest absolute Gasteiger partial charge is 0.305 e. The van der Waals surface area contributed by atoms with Gasteiger partial charge in [-0.15, -0.1) is 0 Å². The van der Waals surface area contributed by atoms with Crippen LogP contribution in [0.2, 0.25) is 0 Å². The van der Waals surface area contributed by atoms with Crippen LogP contribution in [-0.2, 0) is 0 Å². The summed E-state index contributed by atoms with van der Waals surface area (Å²) in [6, 6.07) is 0. The molecular formula is C14H29N. The van der Waals surface area contributed by atoms with Gasteiger partial charge in [0.2, 0.25) is 0 Å². The third-order valence-corrected chi connectivity index (χ3v) is 3.56.